The molecule has 41 heavy (non-hydrogen) atoms. The largest absolute Gasteiger partial charge is 0.309 e. The second-order valence-corrected chi connectivity index (χ2v) is 12.6. The van der Waals surface area contributed by atoms with Gasteiger partial charge >= 0.3 is 0 Å². The molecule has 3 aliphatic carbocycles. The van der Waals surface area contributed by atoms with Crippen LogP contribution in [0.3, 0.4) is 0 Å². The lowest BCUT2D eigenvalue weighted by Crippen LogP contribution is -2.35. The summed E-state index contributed by atoms with van der Waals surface area (Å²) in [5.41, 5.74) is 9.10. The number of aromatic nitrogens is 2. The fraction of sp³-hybridized carbons (Fsp3) is 0.231. The van der Waals surface area contributed by atoms with Gasteiger partial charge in [-0.15, -0.1) is 0 Å². The highest BCUT2D eigenvalue weighted by Crippen LogP contribution is 2.52. The average Bonchev–Trinajstić information content (AvgIpc) is 3.54. The fourth-order valence-electron chi connectivity index (χ4n) is 8.69. The van der Waals surface area contributed by atoms with Crippen LogP contribution in [-0.2, 0) is 0 Å². The van der Waals surface area contributed by atoms with Gasteiger partial charge in [-0.1, -0.05) is 73.7 Å². The summed E-state index contributed by atoms with van der Waals surface area (Å²) in [7, 11) is 0. The van der Waals surface area contributed by atoms with E-state index < -0.39 is 0 Å². The Balaban J connectivity index is 1.32. The zero-order chi connectivity index (χ0) is 27.1. The zero-order valence-electron chi connectivity index (χ0n) is 23.5. The average molecular weight is 531 g/mol. The van der Waals surface area contributed by atoms with Crippen molar-refractivity contribution in [3.63, 3.8) is 0 Å². The predicted octanol–water partition coefficient (Wildman–Crippen LogP) is 10.4. The zero-order valence-corrected chi connectivity index (χ0v) is 23.5. The Morgan fingerprint density at radius 1 is 0.512 bits per heavy atom. The first kappa shape index (κ1) is 23.4. The number of hydrogen-bond acceptors (Lipinski definition) is 0. The minimum absolute atomic E-state index is 0.702. The van der Waals surface area contributed by atoms with E-state index in [0.29, 0.717) is 5.92 Å². The molecule has 3 aliphatic rings. The summed E-state index contributed by atoms with van der Waals surface area (Å²) in [6.07, 6.45) is 5.60. The Kier molecular flexibility index (Phi) is 5.05. The summed E-state index contributed by atoms with van der Waals surface area (Å²) in [4.78, 5) is 0. The summed E-state index contributed by atoms with van der Waals surface area (Å²) < 4.78 is 4.95. The highest BCUT2D eigenvalue weighted by atomic mass is 15.0. The molecule has 0 aliphatic heterocycles. The van der Waals surface area contributed by atoms with E-state index in [2.05, 4.69) is 131 Å². The topological polar surface area (TPSA) is 9.86 Å². The summed E-state index contributed by atoms with van der Waals surface area (Å²) in [5, 5.41) is 5.31. The highest BCUT2D eigenvalue weighted by Gasteiger charge is 2.40. The van der Waals surface area contributed by atoms with Gasteiger partial charge in [-0.3, -0.25) is 0 Å². The number of rotatable bonds is 3. The lowest BCUT2D eigenvalue weighted by Gasteiger charge is -2.46. The van der Waals surface area contributed by atoms with E-state index in [1.165, 1.54) is 86.2 Å². The lowest BCUT2D eigenvalue weighted by molar-refractivity contribution is 0.0864. The molecule has 4 atom stereocenters. The molecule has 0 N–H and O–H groups in total. The summed E-state index contributed by atoms with van der Waals surface area (Å²) in [5.74, 6) is 3.34. The first-order valence-electron chi connectivity index (χ1n) is 15.4. The number of hydrogen-bond donors (Lipinski definition) is 0. The van der Waals surface area contributed by atoms with Gasteiger partial charge in [-0.25, -0.2) is 0 Å². The molecule has 5 aromatic carbocycles. The van der Waals surface area contributed by atoms with E-state index in [-0.39, 0.29) is 0 Å². The summed E-state index contributed by atoms with van der Waals surface area (Å²) >= 11 is 0. The van der Waals surface area contributed by atoms with Crippen LogP contribution >= 0.6 is 0 Å². The van der Waals surface area contributed by atoms with Crippen molar-refractivity contribution < 1.29 is 0 Å². The first-order valence-corrected chi connectivity index (χ1v) is 15.4. The second-order valence-electron chi connectivity index (χ2n) is 12.6. The van der Waals surface area contributed by atoms with E-state index in [4.69, 9.17) is 0 Å². The van der Waals surface area contributed by atoms with Crippen LogP contribution in [0, 0.1) is 17.8 Å². The molecule has 10 rings (SSSR count). The van der Waals surface area contributed by atoms with E-state index in [1.807, 2.05) is 0 Å². The lowest BCUT2D eigenvalue weighted by atomic mass is 9.59. The summed E-state index contributed by atoms with van der Waals surface area (Å²) in [6, 6.07) is 42.9. The van der Waals surface area contributed by atoms with Gasteiger partial charge in [0.2, 0.25) is 0 Å². The molecule has 0 spiro atoms. The highest BCUT2D eigenvalue weighted by molar-refractivity contribution is 6.28. The van der Waals surface area contributed by atoms with Gasteiger partial charge < -0.3 is 9.13 Å². The number of benzene rings is 5. The third-order valence-corrected chi connectivity index (χ3v) is 10.6. The van der Waals surface area contributed by atoms with Crippen molar-refractivity contribution >= 4 is 43.6 Å². The third kappa shape index (κ3) is 3.37. The molecule has 2 aromatic heterocycles. The van der Waals surface area contributed by atoms with Crippen molar-refractivity contribution in [2.75, 3.05) is 0 Å². The van der Waals surface area contributed by atoms with Crippen LogP contribution in [0.25, 0.3) is 55.0 Å². The molecule has 200 valence electrons. The van der Waals surface area contributed by atoms with Crippen LogP contribution in [0.2, 0.25) is 0 Å². The Bertz CT molecular complexity index is 2090. The smallest absolute Gasteiger partial charge is 0.0548 e. The van der Waals surface area contributed by atoms with Crippen molar-refractivity contribution in [3.8, 4) is 11.4 Å². The van der Waals surface area contributed by atoms with Crippen molar-refractivity contribution in [2.45, 2.75) is 38.5 Å². The molecular weight excluding hydrogens is 496 g/mol. The SMILES string of the molecule is CC1CC2CCC1CC2c1cccc(-n2c3ccccc3c3c4c5ccccc5n(-c5ccccc5)c4ccc32)c1. The third-order valence-electron chi connectivity index (χ3n) is 10.6. The predicted molar refractivity (Wildman–Crippen MR) is 172 cm³/mol. The van der Waals surface area contributed by atoms with Gasteiger partial charge in [0.05, 0.1) is 22.1 Å². The van der Waals surface area contributed by atoms with Gasteiger partial charge in [0, 0.05) is 32.9 Å². The van der Waals surface area contributed by atoms with E-state index in [9.17, 15) is 0 Å². The Morgan fingerprint density at radius 2 is 1.10 bits per heavy atom. The van der Waals surface area contributed by atoms with Crippen molar-refractivity contribution in [1.82, 2.24) is 9.13 Å². The molecule has 2 heteroatoms. The van der Waals surface area contributed by atoms with Crippen LogP contribution in [0.5, 0.6) is 0 Å². The van der Waals surface area contributed by atoms with Crippen molar-refractivity contribution in [3.05, 3.63) is 121 Å². The van der Waals surface area contributed by atoms with E-state index in [0.717, 1.165) is 17.8 Å². The van der Waals surface area contributed by atoms with Crippen molar-refractivity contribution in [2.24, 2.45) is 17.8 Å². The second kappa shape index (κ2) is 8.85. The quantitative estimate of drug-likeness (QED) is 0.215. The minimum Gasteiger partial charge on any atom is -0.309 e. The van der Waals surface area contributed by atoms with Gasteiger partial charge in [0.1, 0.15) is 0 Å². The molecule has 3 saturated carbocycles. The van der Waals surface area contributed by atoms with Gasteiger partial charge in [0.25, 0.3) is 0 Å². The van der Waals surface area contributed by atoms with Crippen LogP contribution in [-0.4, -0.2) is 9.13 Å². The summed E-state index contributed by atoms with van der Waals surface area (Å²) in [6.45, 7) is 2.48. The van der Waals surface area contributed by atoms with E-state index in [1.54, 1.807) is 0 Å². The Hall–Kier alpha value is -4.30. The fourth-order valence-corrected chi connectivity index (χ4v) is 8.69. The molecule has 4 unspecified atom stereocenters. The number of para-hydroxylation sites is 3. The maximum absolute atomic E-state index is 2.52. The number of fused-ring (bicyclic) bond motifs is 10. The van der Waals surface area contributed by atoms with Gasteiger partial charge in [-0.05, 0) is 103 Å². The maximum Gasteiger partial charge on any atom is 0.0548 e. The van der Waals surface area contributed by atoms with Gasteiger partial charge in [0.15, 0.2) is 0 Å². The minimum atomic E-state index is 0.702. The molecule has 2 nitrogen and oxygen atoms in total. The molecule has 2 heterocycles. The molecule has 3 fully saturated rings. The molecule has 0 amide bonds. The maximum atomic E-state index is 2.52. The molecule has 0 radical (unpaired) electrons. The molecule has 0 saturated heterocycles. The number of nitrogens with zero attached hydrogens (tertiary/aromatic N) is 2. The van der Waals surface area contributed by atoms with Crippen LogP contribution in [0.1, 0.15) is 44.1 Å². The molecule has 7 aromatic rings. The monoisotopic (exact) mass is 530 g/mol. The Labute approximate surface area is 240 Å². The van der Waals surface area contributed by atoms with Crippen molar-refractivity contribution in [1.29, 1.82) is 0 Å². The van der Waals surface area contributed by atoms with Crippen LogP contribution in [0.15, 0.2) is 115 Å². The molecular formula is C39H34N2. The van der Waals surface area contributed by atoms with Gasteiger partial charge in [-0.2, -0.15) is 0 Å². The first-order chi connectivity index (χ1) is 20.3. The molecule has 2 bridgehead atoms. The van der Waals surface area contributed by atoms with Crippen LogP contribution in [0.4, 0.5) is 0 Å². The van der Waals surface area contributed by atoms with E-state index >= 15 is 0 Å². The normalized spacial score (nSPS) is 22.4. The Morgan fingerprint density at radius 3 is 1.73 bits per heavy atom. The standard InChI is InChI=1S/C39H34N2/c1-25-22-28-19-18-26(25)24-33(28)27-10-9-13-30(23-27)41-35-17-8-6-15-32(35)39-37(41)21-20-36-38(39)31-14-5-7-16-34(31)40(36)29-11-3-2-4-12-29/h2-17,20-21,23,25-26,28,33H,18-19,22,24H2,1H3. The van der Waals surface area contributed by atoms with Crippen LogP contribution < -0.4 is 0 Å².